The summed E-state index contributed by atoms with van der Waals surface area (Å²) in [5.74, 6) is -0.640. The number of nitrogens with zero attached hydrogens (tertiary/aromatic N) is 2. The van der Waals surface area contributed by atoms with Crippen molar-refractivity contribution in [1.82, 2.24) is 9.21 Å². The van der Waals surface area contributed by atoms with Crippen LogP contribution in [0.1, 0.15) is 34.3 Å². The van der Waals surface area contributed by atoms with Gasteiger partial charge in [0, 0.05) is 31.7 Å². The first-order valence-electron chi connectivity index (χ1n) is 9.62. The molecule has 0 bridgehead atoms. The van der Waals surface area contributed by atoms with Gasteiger partial charge in [-0.25, -0.2) is 12.8 Å². The summed E-state index contributed by atoms with van der Waals surface area (Å²) in [6.07, 6.45) is 4.43. The number of carbonyl (C=O) groups excluding carboxylic acids is 1. The number of sulfonamides is 1. The minimum atomic E-state index is -3.76. The molecule has 2 aromatic carbocycles. The second kappa shape index (κ2) is 7.64. The molecule has 148 valence electrons. The van der Waals surface area contributed by atoms with Gasteiger partial charge in [-0.15, -0.1) is 0 Å². The van der Waals surface area contributed by atoms with Crippen LogP contribution in [0, 0.1) is 5.82 Å². The molecule has 1 saturated heterocycles. The van der Waals surface area contributed by atoms with Gasteiger partial charge in [0.05, 0.1) is 4.90 Å². The Hall–Kier alpha value is -2.25. The van der Waals surface area contributed by atoms with Crippen molar-refractivity contribution in [2.24, 2.45) is 0 Å². The van der Waals surface area contributed by atoms with E-state index in [1.54, 1.807) is 4.90 Å². The Morgan fingerprint density at radius 1 is 0.893 bits per heavy atom. The van der Waals surface area contributed by atoms with Gasteiger partial charge < -0.3 is 4.90 Å². The van der Waals surface area contributed by atoms with Crippen molar-refractivity contribution in [3.8, 4) is 0 Å². The summed E-state index contributed by atoms with van der Waals surface area (Å²) >= 11 is 0. The average Bonchev–Trinajstić information content (AvgIpc) is 2.73. The topological polar surface area (TPSA) is 57.7 Å². The molecule has 1 fully saturated rings. The lowest BCUT2D eigenvalue weighted by Gasteiger charge is -2.34. The van der Waals surface area contributed by atoms with Crippen molar-refractivity contribution in [1.29, 1.82) is 0 Å². The molecule has 1 aliphatic heterocycles. The van der Waals surface area contributed by atoms with Crippen molar-refractivity contribution in [3.05, 3.63) is 65.0 Å². The molecular weight excluding hydrogens is 379 g/mol. The number of hydrogen-bond donors (Lipinski definition) is 0. The summed E-state index contributed by atoms with van der Waals surface area (Å²) in [5.41, 5.74) is 3.25. The van der Waals surface area contributed by atoms with Crippen molar-refractivity contribution in [3.63, 3.8) is 0 Å². The summed E-state index contributed by atoms with van der Waals surface area (Å²) in [5, 5.41) is 0. The quantitative estimate of drug-likeness (QED) is 0.793. The fourth-order valence-electron chi connectivity index (χ4n) is 3.96. The van der Waals surface area contributed by atoms with Crippen molar-refractivity contribution >= 4 is 15.9 Å². The number of carbonyl (C=O) groups is 1. The Bertz CT molecular complexity index is 998. The lowest BCUT2D eigenvalue weighted by atomic mass is 9.90. The van der Waals surface area contributed by atoms with Crippen LogP contribution in [0.25, 0.3) is 0 Å². The molecule has 0 spiro atoms. The smallest absolute Gasteiger partial charge is 0.253 e. The number of halogens is 1. The van der Waals surface area contributed by atoms with Crippen LogP contribution in [0.4, 0.5) is 4.39 Å². The highest BCUT2D eigenvalue weighted by molar-refractivity contribution is 7.89. The summed E-state index contributed by atoms with van der Waals surface area (Å²) in [6, 6.07) is 10.9. The minimum Gasteiger partial charge on any atom is -0.336 e. The number of piperazine rings is 1. The molecule has 1 aliphatic carbocycles. The first-order chi connectivity index (χ1) is 13.4. The van der Waals surface area contributed by atoms with Gasteiger partial charge in [0.2, 0.25) is 10.0 Å². The van der Waals surface area contributed by atoms with E-state index in [4.69, 9.17) is 0 Å². The van der Waals surface area contributed by atoms with Crippen LogP contribution < -0.4 is 0 Å². The van der Waals surface area contributed by atoms with Gasteiger partial charge in [-0.05, 0) is 67.1 Å². The normalized spacial score (nSPS) is 18.0. The molecule has 0 aromatic heterocycles. The number of amides is 1. The third-order valence-electron chi connectivity index (χ3n) is 5.56. The van der Waals surface area contributed by atoms with Gasteiger partial charge in [0.1, 0.15) is 5.82 Å². The highest BCUT2D eigenvalue weighted by atomic mass is 32.2. The molecular formula is C21H23FN2O3S. The van der Waals surface area contributed by atoms with E-state index in [1.165, 1.54) is 40.1 Å². The molecule has 0 N–H and O–H groups in total. The molecule has 4 rings (SSSR count). The minimum absolute atomic E-state index is 0.0537. The van der Waals surface area contributed by atoms with Crippen molar-refractivity contribution in [2.45, 2.75) is 30.6 Å². The monoisotopic (exact) mass is 402 g/mol. The van der Waals surface area contributed by atoms with Gasteiger partial charge in [-0.1, -0.05) is 12.1 Å². The molecule has 0 radical (unpaired) electrons. The molecule has 28 heavy (non-hydrogen) atoms. The van der Waals surface area contributed by atoms with E-state index in [0.29, 0.717) is 18.7 Å². The third-order valence-corrected chi connectivity index (χ3v) is 7.45. The van der Waals surface area contributed by atoms with Gasteiger partial charge in [0.15, 0.2) is 0 Å². The summed E-state index contributed by atoms with van der Waals surface area (Å²) in [7, 11) is -3.76. The van der Waals surface area contributed by atoms with Crippen LogP contribution in [0.5, 0.6) is 0 Å². The maximum atomic E-state index is 13.4. The highest BCUT2D eigenvalue weighted by Gasteiger charge is 2.30. The largest absolute Gasteiger partial charge is 0.336 e. The van der Waals surface area contributed by atoms with E-state index < -0.39 is 15.8 Å². The maximum Gasteiger partial charge on any atom is 0.253 e. The number of benzene rings is 2. The molecule has 0 saturated carbocycles. The number of aryl methyl sites for hydroxylation is 2. The highest BCUT2D eigenvalue weighted by Crippen LogP contribution is 2.24. The zero-order valence-electron chi connectivity index (χ0n) is 15.6. The standard InChI is InChI=1S/C21H23FN2O3S/c22-19-6-3-7-20(15-19)28(26,27)24-12-10-23(11-13-24)21(25)18-9-8-16-4-1-2-5-17(16)14-18/h3,6-9,14-15H,1-2,4-5,10-13H2. The third kappa shape index (κ3) is 3.69. The first-order valence-corrected chi connectivity index (χ1v) is 11.1. The Balaban J connectivity index is 1.44. The van der Waals surface area contributed by atoms with E-state index in [2.05, 4.69) is 0 Å². The van der Waals surface area contributed by atoms with Crippen LogP contribution in [-0.4, -0.2) is 49.7 Å². The number of rotatable bonds is 3. The number of fused-ring (bicyclic) bond motifs is 1. The van der Waals surface area contributed by atoms with Gasteiger partial charge in [-0.3, -0.25) is 4.79 Å². The Morgan fingerprint density at radius 2 is 1.61 bits per heavy atom. The number of hydrogen-bond acceptors (Lipinski definition) is 3. The van der Waals surface area contributed by atoms with Crippen LogP contribution in [0.15, 0.2) is 47.4 Å². The zero-order valence-corrected chi connectivity index (χ0v) is 16.4. The van der Waals surface area contributed by atoms with Crippen molar-refractivity contribution < 1.29 is 17.6 Å². The Kier molecular flexibility index (Phi) is 5.21. The zero-order chi connectivity index (χ0) is 19.7. The summed E-state index contributed by atoms with van der Waals surface area (Å²) < 4.78 is 40.1. The maximum absolute atomic E-state index is 13.4. The van der Waals surface area contributed by atoms with Gasteiger partial charge >= 0.3 is 0 Å². The lowest BCUT2D eigenvalue weighted by Crippen LogP contribution is -2.50. The molecule has 0 unspecified atom stereocenters. The lowest BCUT2D eigenvalue weighted by molar-refractivity contribution is 0.0697. The molecule has 2 aliphatic rings. The Labute approximate surface area is 164 Å². The molecule has 0 atom stereocenters. The molecule has 7 heteroatoms. The van der Waals surface area contributed by atoms with E-state index in [1.807, 2.05) is 18.2 Å². The summed E-state index contributed by atoms with van der Waals surface area (Å²) in [6.45, 7) is 1.06. The van der Waals surface area contributed by atoms with Gasteiger partial charge in [0.25, 0.3) is 5.91 Å². The van der Waals surface area contributed by atoms with Crippen LogP contribution in [0.3, 0.4) is 0 Å². The summed E-state index contributed by atoms with van der Waals surface area (Å²) in [4.78, 5) is 14.5. The van der Waals surface area contributed by atoms with E-state index in [9.17, 15) is 17.6 Å². The van der Waals surface area contributed by atoms with Crippen molar-refractivity contribution in [2.75, 3.05) is 26.2 Å². The SMILES string of the molecule is O=C(c1ccc2c(c1)CCCC2)N1CCN(S(=O)(=O)c2cccc(F)c2)CC1. The fourth-order valence-corrected chi connectivity index (χ4v) is 5.41. The van der Waals surface area contributed by atoms with Crippen LogP contribution >= 0.6 is 0 Å². The predicted octanol–water partition coefficient (Wildman–Crippen LogP) is 2.85. The molecule has 5 nitrogen and oxygen atoms in total. The Morgan fingerprint density at radius 3 is 2.32 bits per heavy atom. The first kappa shape index (κ1) is 19.1. The van der Waals surface area contributed by atoms with Crippen LogP contribution in [-0.2, 0) is 22.9 Å². The van der Waals surface area contributed by atoms with E-state index in [0.717, 1.165) is 25.3 Å². The van der Waals surface area contributed by atoms with Crippen LogP contribution in [0.2, 0.25) is 0 Å². The predicted molar refractivity (Wildman–Crippen MR) is 104 cm³/mol. The van der Waals surface area contributed by atoms with Gasteiger partial charge in [-0.2, -0.15) is 4.31 Å². The molecule has 2 aromatic rings. The second-order valence-corrected chi connectivity index (χ2v) is 9.28. The average molecular weight is 402 g/mol. The second-order valence-electron chi connectivity index (χ2n) is 7.34. The molecule has 1 heterocycles. The van der Waals surface area contributed by atoms with E-state index >= 15 is 0 Å². The fraction of sp³-hybridized carbons (Fsp3) is 0.381. The molecule has 1 amide bonds. The van der Waals surface area contributed by atoms with E-state index in [-0.39, 0.29) is 23.9 Å².